The summed E-state index contributed by atoms with van der Waals surface area (Å²) in [5, 5.41) is 12.1. The molecule has 0 radical (unpaired) electrons. The molecule has 2 unspecified atom stereocenters. The molecule has 0 aliphatic heterocycles. The predicted molar refractivity (Wildman–Crippen MR) is 90.4 cm³/mol. The minimum Gasteiger partial charge on any atom is -0.489 e. The molecule has 1 amide bonds. The Morgan fingerprint density at radius 2 is 1.74 bits per heavy atom. The first kappa shape index (κ1) is 17.0. The van der Waals surface area contributed by atoms with Crippen LogP contribution in [0.4, 0.5) is 0 Å². The lowest BCUT2D eigenvalue weighted by molar-refractivity contribution is 0.0913. The number of ether oxygens (including phenoxy) is 1. The average Bonchev–Trinajstić information content (AvgIpc) is 2.60. The van der Waals surface area contributed by atoms with E-state index in [1.54, 1.807) is 6.07 Å². The van der Waals surface area contributed by atoms with Gasteiger partial charge in [0.25, 0.3) is 5.91 Å². The smallest absolute Gasteiger partial charge is 0.251 e. The van der Waals surface area contributed by atoms with Crippen LogP contribution in [0.5, 0.6) is 5.75 Å². The van der Waals surface area contributed by atoms with Crippen LogP contribution in [0.15, 0.2) is 54.6 Å². The number of para-hydroxylation sites is 1. The molecule has 0 spiro atoms. The zero-order chi connectivity index (χ0) is 16.7. The number of amides is 1. The van der Waals surface area contributed by atoms with Crippen molar-refractivity contribution in [1.82, 2.24) is 5.32 Å². The quantitative estimate of drug-likeness (QED) is 0.826. The van der Waals surface area contributed by atoms with E-state index in [9.17, 15) is 9.90 Å². The van der Waals surface area contributed by atoms with Crippen molar-refractivity contribution in [3.63, 3.8) is 0 Å². The standard InChI is InChI=1S/C19H23NO3/c1-14(12-21)15(2)20-19(22)18-11-7-6-8-16(18)13-23-17-9-4-3-5-10-17/h3-11,14-15,21H,12-13H2,1-2H3,(H,20,22). The van der Waals surface area contributed by atoms with Gasteiger partial charge in [0.2, 0.25) is 0 Å². The monoisotopic (exact) mass is 313 g/mol. The molecular weight excluding hydrogens is 290 g/mol. The summed E-state index contributed by atoms with van der Waals surface area (Å²) in [6.45, 7) is 4.16. The van der Waals surface area contributed by atoms with Gasteiger partial charge in [-0.2, -0.15) is 0 Å². The first-order valence-corrected chi connectivity index (χ1v) is 7.79. The molecule has 0 aliphatic carbocycles. The molecule has 2 aromatic rings. The van der Waals surface area contributed by atoms with Crippen molar-refractivity contribution < 1.29 is 14.6 Å². The molecule has 2 atom stereocenters. The van der Waals surface area contributed by atoms with Crippen molar-refractivity contribution >= 4 is 5.91 Å². The number of aliphatic hydroxyl groups excluding tert-OH is 1. The number of nitrogens with one attached hydrogen (secondary N) is 1. The summed E-state index contributed by atoms with van der Waals surface area (Å²) >= 11 is 0. The van der Waals surface area contributed by atoms with Gasteiger partial charge < -0.3 is 15.2 Å². The molecule has 2 N–H and O–H groups in total. The zero-order valence-corrected chi connectivity index (χ0v) is 13.5. The first-order valence-electron chi connectivity index (χ1n) is 7.79. The molecule has 2 aromatic carbocycles. The largest absolute Gasteiger partial charge is 0.489 e. The van der Waals surface area contributed by atoms with Crippen molar-refractivity contribution in [3.05, 3.63) is 65.7 Å². The van der Waals surface area contributed by atoms with Gasteiger partial charge >= 0.3 is 0 Å². The van der Waals surface area contributed by atoms with Crippen LogP contribution in [0, 0.1) is 5.92 Å². The van der Waals surface area contributed by atoms with E-state index in [0.717, 1.165) is 11.3 Å². The topological polar surface area (TPSA) is 58.6 Å². The Bertz CT molecular complexity index is 628. The summed E-state index contributed by atoms with van der Waals surface area (Å²) in [5.41, 5.74) is 1.43. The second-order valence-corrected chi connectivity index (χ2v) is 5.68. The number of hydrogen-bond acceptors (Lipinski definition) is 3. The maximum absolute atomic E-state index is 12.5. The molecule has 0 saturated heterocycles. The maximum Gasteiger partial charge on any atom is 0.251 e. The average molecular weight is 313 g/mol. The van der Waals surface area contributed by atoms with Crippen molar-refractivity contribution in [3.8, 4) is 5.75 Å². The van der Waals surface area contributed by atoms with Gasteiger partial charge in [0, 0.05) is 23.8 Å². The van der Waals surface area contributed by atoms with Crippen molar-refractivity contribution in [2.75, 3.05) is 6.61 Å². The third-order valence-electron chi connectivity index (χ3n) is 3.90. The Labute approximate surface area is 137 Å². The number of aliphatic hydroxyl groups is 1. The van der Waals surface area contributed by atoms with Gasteiger partial charge in [0.1, 0.15) is 12.4 Å². The van der Waals surface area contributed by atoms with Crippen LogP contribution in [0.25, 0.3) is 0 Å². The highest BCUT2D eigenvalue weighted by Gasteiger charge is 2.17. The fourth-order valence-electron chi connectivity index (χ4n) is 2.13. The van der Waals surface area contributed by atoms with E-state index < -0.39 is 0 Å². The minimum atomic E-state index is -0.148. The summed E-state index contributed by atoms with van der Waals surface area (Å²) in [4.78, 5) is 12.5. The first-order chi connectivity index (χ1) is 11.1. The summed E-state index contributed by atoms with van der Waals surface area (Å²) in [6.07, 6.45) is 0. The number of carbonyl (C=O) groups is 1. The molecular formula is C19H23NO3. The molecule has 0 bridgehead atoms. The molecule has 122 valence electrons. The molecule has 2 rings (SSSR count). The lowest BCUT2D eigenvalue weighted by Gasteiger charge is -2.20. The van der Waals surface area contributed by atoms with E-state index in [2.05, 4.69) is 5.32 Å². The Morgan fingerprint density at radius 1 is 1.09 bits per heavy atom. The van der Waals surface area contributed by atoms with Crippen molar-refractivity contribution in [1.29, 1.82) is 0 Å². The van der Waals surface area contributed by atoms with Crippen LogP contribution >= 0.6 is 0 Å². The van der Waals surface area contributed by atoms with E-state index in [1.165, 1.54) is 0 Å². The number of rotatable bonds is 7. The second-order valence-electron chi connectivity index (χ2n) is 5.68. The van der Waals surface area contributed by atoms with Crippen LogP contribution in [-0.4, -0.2) is 23.7 Å². The lowest BCUT2D eigenvalue weighted by atomic mass is 10.0. The highest BCUT2D eigenvalue weighted by molar-refractivity contribution is 5.95. The molecule has 0 aromatic heterocycles. The fraction of sp³-hybridized carbons (Fsp3) is 0.316. The highest BCUT2D eigenvalue weighted by Crippen LogP contribution is 2.15. The fourth-order valence-corrected chi connectivity index (χ4v) is 2.13. The van der Waals surface area contributed by atoms with Gasteiger partial charge in [0.15, 0.2) is 0 Å². The van der Waals surface area contributed by atoms with Gasteiger partial charge in [-0.25, -0.2) is 0 Å². The predicted octanol–water partition coefficient (Wildman–Crippen LogP) is 3.01. The number of hydrogen-bond donors (Lipinski definition) is 2. The Kier molecular flexibility index (Phi) is 6.18. The Balaban J connectivity index is 2.06. The molecule has 4 nitrogen and oxygen atoms in total. The maximum atomic E-state index is 12.5. The van der Waals surface area contributed by atoms with E-state index >= 15 is 0 Å². The van der Waals surface area contributed by atoms with Crippen LogP contribution in [0.1, 0.15) is 29.8 Å². The zero-order valence-electron chi connectivity index (χ0n) is 13.5. The second kappa shape index (κ2) is 8.34. The van der Waals surface area contributed by atoms with Gasteiger partial charge in [0.05, 0.1) is 0 Å². The van der Waals surface area contributed by atoms with Gasteiger partial charge in [-0.3, -0.25) is 4.79 Å². The Morgan fingerprint density at radius 3 is 2.43 bits per heavy atom. The van der Waals surface area contributed by atoms with Crippen LogP contribution in [0.3, 0.4) is 0 Å². The summed E-state index contributed by atoms with van der Waals surface area (Å²) in [7, 11) is 0. The van der Waals surface area contributed by atoms with Crippen LogP contribution in [-0.2, 0) is 6.61 Å². The molecule has 0 saturated carbocycles. The molecule has 4 heteroatoms. The highest BCUT2D eigenvalue weighted by atomic mass is 16.5. The van der Waals surface area contributed by atoms with Gasteiger partial charge in [-0.05, 0) is 31.0 Å². The summed E-state index contributed by atoms with van der Waals surface area (Å²) < 4.78 is 5.74. The third-order valence-corrected chi connectivity index (χ3v) is 3.90. The van der Waals surface area contributed by atoms with Crippen LogP contribution in [0.2, 0.25) is 0 Å². The third kappa shape index (κ3) is 4.83. The minimum absolute atomic E-state index is 0.00619. The number of benzene rings is 2. The lowest BCUT2D eigenvalue weighted by Crippen LogP contribution is -2.38. The molecule has 0 fully saturated rings. The van der Waals surface area contributed by atoms with Gasteiger partial charge in [-0.1, -0.05) is 43.3 Å². The van der Waals surface area contributed by atoms with E-state index in [4.69, 9.17) is 4.74 Å². The summed E-state index contributed by atoms with van der Waals surface area (Å²) in [5.74, 6) is 0.627. The normalized spacial score (nSPS) is 13.2. The molecule has 0 heterocycles. The van der Waals surface area contributed by atoms with Crippen molar-refractivity contribution in [2.45, 2.75) is 26.5 Å². The Hall–Kier alpha value is -2.33. The molecule has 0 aliphatic rings. The van der Waals surface area contributed by atoms with E-state index in [1.807, 2.05) is 62.4 Å². The van der Waals surface area contributed by atoms with E-state index in [-0.39, 0.29) is 24.5 Å². The van der Waals surface area contributed by atoms with Crippen LogP contribution < -0.4 is 10.1 Å². The summed E-state index contributed by atoms with van der Waals surface area (Å²) in [6, 6.07) is 16.8. The van der Waals surface area contributed by atoms with E-state index in [0.29, 0.717) is 12.2 Å². The molecule has 23 heavy (non-hydrogen) atoms. The van der Waals surface area contributed by atoms with Gasteiger partial charge in [-0.15, -0.1) is 0 Å². The number of carbonyl (C=O) groups excluding carboxylic acids is 1. The van der Waals surface area contributed by atoms with Crippen molar-refractivity contribution in [2.24, 2.45) is 5.92 Å². The SMILES string of the molecule is CC(CO)C(C)NC(=O)c1ccccc1COc1ccccc1.